The molecule has 20 heavy (non-hydrogen) atoms. The van der Waals surface area contributed by atoms with Gasteiger partial charge in [-0.05, 0) is 0 Å². The predicted molar refractivity (Wildman–Crippen MR) is 76.6 cm³/mol. The van der Waals surface area contributed by atoms with Crippen molar-refractivity contribution in [2.24, 2.45) is 7.05 Å². The Morgan fingerprint density at radius 1 is 1.10 bits per heavy atom. The first-order chi connectivity index (χ1) is 9.67. The molecule has 1 heterocycles. The van der Waals surface area contributed by atoms with E-state index in [0.29, 0.717) is 23.8 Å². The summed E-state index contributed by atoms with van der Waals surface area (Å²) >= 11 is 0. The third kappa shape index (κ3) is 2.96. The first-order valence-electron chi connectivity index (χ1n) is 6.19. The molecule has 0 saturated heterocycles. The molecular formula is C14H19N3O3. The zero-order chi connectivity index (χ0) is 14.5. The largest absolute Gasteiger partial charge is 0.493 e. The van der Waals surface area contributed by atoms with Crippen LogP contribution in [0.4, 0.5) is 5.69 Å². The van der Waals surface area contributed by atoms with Gasteiger partial charge in [-0.3, -0.25) is 4.68 Å². The van der Waals surface area contributed by atoms with E-state index in [1.165, 1.54) is 0 Å². The summed E-state index contributed by atoms with van der Waals surface area (Å²) in [4.78, 5) is 0. The lowest BCUT2D eigenvalue weighted by molar-refractivity contribution is 0.324. The van der Waals surface area contributed by atoms with Crippen LogP contribution in [0.3, 0.4) is 0 Å². The monoisotopic (exact) mass is 277 g/mol. The zero-order valence-corrected chi connectivity index (χ0v) is 12.1. The Bertz CT molecular complexity index is 556. The van der Waals surface area contributed by atoms with E-state index in [-0.39, 0.29) is 0 Å². The fourth-order valence-electron chi connectivity index (χ4n) is 1.95. The van der Waals surface area contributed by atoms with Crippen molar-refractivity contribution < 1.29 is 14.2 Å². The molecule has 0 aliphatic rings. The Morgan fingerprint density at radius 2 is 1.75 bits per heavy atom. The van der Waals surface area contributed by atoms with Crippen LogP contribution in [0.2, 0.25) is 0 Å². The maximum Gasteiger partial charge on any atom is 0.203 e. The summed E-state index contributed by atoms with van der Waals surface area (Å²) in [5.74, 6) is 1.84. The Balaban J connectivity index is 2.19. The molecule has 6 heteroatoms. The highest BCUT2D eigenvalue weighted by molar-refractivity contribution is 5.62. The summed E-state index contributed by atoms with van der Waals surface area (Å²) in [6, 6.07) is 3.75. The molecule has 0 aliphatic carbocycles. The van der Waals surface area contributed by atoms with Crippen molar-refractivity contribution in [3.8, 4) is 17.2 Å². The van der Waals surface area contributed by atoms with E-state index in [0.717, 1.165) is 11.3 Å². The highest BCUT2D eigenvalue weighted by Gasteiger charge is 2.13. The van der Waals surface area contributed by atoms with Crippen LogP contribution in [-0.4, -0.2) is 31.1 Å². The van der Waals surface area contributed by atoms with E-state index in [2.05, 4.69) is 10.4 Å². The van der Waals surface area contributed by atoms with E-state index >= 15 is 0 Å². The van der Waals surface area contributed by atoms with E-state index in [1.54, 1.807) is 26.0 Å². The minimum atomic E-state index is 0.585. The number of aromatic nitrogens is 2. The molecule has 0 radical (unpaired) electrons. The summed E-state index contributed by atoms with van der Waals surface area (Å²) in [5.41, 5.74) is 1.99. The molecular weight excluding hydrogens is 258 g/mol. The van der Waals surface area contributed by atoms with Gasteiger partial charge < -0.3 is 19.5 Å². The standard InChI is InChI=1S/C14H19N3O3/c1-17-9-10(8-16-17)7-15-11-5-12(18-2)14(20-4)13(6-11)19-3/h5-6,8-9,15H,7H2,1-4H3. The van der Waals surface area contributed by atoms with E-state index < -0.39 is 0 Å². The number of ether oxygens (including phenoxy) is 3. The van der Waals surface area contributed by atoms with Crippen molar-refractivity contribution in [1.29, 1.82) is 0 Å². The first-order valence-corrected chi connectivity index (χ1v) is 6.19. The molecule has 1 aromatic carbocycles. The zero-order valence-electron chi connectivity index (χ0n) is 12.1. The SMILES string of the molecule is COc1cc(NCc2cnn(C)c2)cc(OC)c1OC. The fraction of sp³-hybridized carbons (Fsp3) is 0.357. The van der Waals surface area contributed by atoms with Gasteiger partial charge in [0.2, 0.25) is 5.75 Å². The Kier molecular flexibility index (Phi) is 4.34. The lowest BCUT2D eigenvalue weighted by Crippen LogP contribution is -2.01. The first kappa shape index (κ1) is 14.0. The number of rotatable bonds is 6. The molecule has 0 bridgehead atoms. The fourth-order valence-corrected chi connectivity index (χ4v) is 1.95. The van der Waals surface area contributed by atoms with Crippen molar-refractivity contribution in [1.82, 2.24) is 9.78 Å². The lowest BCUT2D eigenvalue weighted by atomic mass is 10.2. The minimum absolute atomic E-state index is 0.585. The van der Waals surface area contributed by atoms with Crippen LogP contribution in [-0.2, 0) is 13.6 Å². The summed E-state index contributed by atoms with van der Waals surface area (Å²) < 4.78 is 17.7. The normalized spacial score (nSPS) is 10.2. The quantitative estimate of drug-likeness (QED) is 0.876. The average Bonchev–Trinajstić information content (AvgIpc) is 2.89. The second-order valence-corrected chi connectivity index (χ2v) is 4.29. The summed E-state index contributed by atoms with van der Waals surface area (Å²) in [6.07, 6.45) is 3.79. The molecule has 108 valence electrons. The van der Waals surface area contributed by atoms with Gasteiger partial charge in [0.05, 0.1) is 27.5 Å². The summed E-state index contributed by atoms with van der Waals surface area (Å²) in [7, 11) is 6.68. The predicted octanol–water partition coefficient (Wildman–Crippen LogP) is 2.06. The number of nitrogens with one attached hydrogen (secondary N) is 1. The maximum atomic E-state index is 5.31. The number of hydrogen-bond acceptors (Lipinski definition) is 5. The van der Waals surface area contributed by atoms with E-state index in [1.807, 2.05) is 31.6 Å². The molecule has 0 unspecified atom stereocenters. The van der Waals surface area contributed by atoms with Crippen molar-refractivity contribution in [2.45, 2.75) is 6.54 Å². The van der Waals surface area contributed by atoms with Gasteiger partial charge >= 0.3 is 0 Å². The topological polar surface area (TPSA) is 57.5 Å². The molecule has 1 aromatic heterocycles. The maximum absolute atomic E-state index is 5.31. The van der Waals surface area contributed by atoms with Crippen LogP contribution >= 0.6 is 0 Å². The van der Waals surface area contributed by atoms with Crippen LogP contribution in [0, 0.1) is 0 Å². The Labute approximate surface area is 118 Å². The van der Waals surface area contributed by atoms with Crippen molar-refractivity contribution in [3.05, 3.63) is 30.1 Å². The van der Waals surface area contributed by atoms with Gasteiger partial charge in [0, 0.05) is 43.2 Å². The molecule has 0 amide bonds. The molecule has 0 aliphatic heterocycles. The highest BCUT2D eigenvalue weighted by atomic mass is 16.5. The van der Waals surface area contributed by atoms with Gasteiger partial charge in [0.25, 0.3) is 0 Å². The summed E-state index contributed by atoms with van der Waals surface area (Å²) in [6.45, 7) is 0.673. The number of benzene rings is 1. The lowest BCUT2D eigenvalue weighted by Gasteiger charge is -2.14. The molecule has 0 fully saturated rings. The second-order valence-electron chi connectivity index (χ2n) is 4.29. The van der Waals surface area contributed by atoms with Crippen molar-refractivity contribution in [3.63, 3.8) is 0 Å². The van der Waals surface area contributed by atoms with Crippen LogP contribution in [0.5, 0.6) is 17.2 Å². The number of nitrogens with zero attached hydrogens (tertiary/aromatic N) is 2. The molecule has 0 saturated carbocycles. The molecule has 0 spiro atoms. The Morgan fingerprint density at radius 3 is 2.20 bits per heavy atom. The summed E-state index contributed by atoms with van der Waals surface area (Å²) in [5, 5.41) is 7.44. The van der Waals surface area contributed by atoms with Gasteiger partial charge in [0.15, 0.2) is 11.5 Å². The van der Waals surface area contributed by atoms with Gasteiger partial charge in [-0.25, -0.2) is 0 Å². The number of anilines is 1. The van der Waals surface area contributed by atoms with Gasteiger partial charge in [-0.1, -0.05) is 0 Å². The highest BCUT2D eigenvalue weighted by Crippen LogP contribution is 2.39. The van der Waals surface area contributed by atoms with Gasteiger partial charge in [-0.2, -0.15) is 5.10 Å². The molecule has 2 aromatic rings. The number of aryl methyl sites for hydroxylation is 1. The van der Waals surface area contributed by atoms with Crippen LogP contribution in [0.1, 0.15) is 5.56 Å². The molecule has 0 atom stereocenters. The molecule has 6 nitrogen and oxygen atoms in total. The van der Waals surface area contributed by atoms with Crippen LogP contribution < -0.4 is 19.5 Å². The van der Waals surface area contributed by atoms with Crippen molar-refractivity contribution >= 4 is 5.69 Å². The third-order valence-electron chi connectivity index (χ3n) is 2.92. The van der Waals surface area contributed by atoms with E-state index in [4.69, 9.17) is 14.2 Å². The smallest absolute Gasteiger partial charge is 0.203 e. The molecule has 2 rings (SSSR count). The molecule has 1 N–H and O–H groups in total. The van der Waals surface area contributed by atoms with Gasteiger partial charge in [-0.15, -0.1) is 0 Å². The number of methoxy groups -OCH3 is 3. The van der Waals surface area contributed by atoms with Gasteiger partial charge in [0.1, 0.15) is 0 Å². The van der Waals surface area contributed by atoms with Crippen LogP contribution in [0.25, 0.3) is 0 Å². The van der Waals surface area contributed by atoms with E-state index in [9.17, 15) is 0 Å². The van der Waals surface area contributed by atoms with Crippen LogP contribution in [0.15, 0.2) is 24.5 Å². The third-order valence-corrected chi connectivity index (χ3v) is 2.92. The number of hydrogen-bond donors (Lipinski definition) is 1. The second kappa shape index (κ2) is 6.18. The Hall–Kier alpha value is -2.37. The van der Waals surface area contributed by atoms with Crippen molar-refractivity contribution in [2.75, 3.05) is 26.6 Å². The average molecular weight is 277 g/mol. The minimum Gasteiger partial charge on any atom is -0.493 e.